The third kappa shape index (κ3) is 6.30. The fourth-order valence-corrected chi connectivity index (χ4v) is 12.9. The van der Waals surface area contributed by atoms with E-state index in [-0.39, 0.29) is 0 Å². The molecule has 0 aliphatic carbocycles. The molecule has 1 N–H and O–H groups in total. The van der Waals surface area contributed by atoms with Crippen LogP contribution in [-0.4, -0.2) is 16.5 Å². The van der Waals surface area contributed by atoms with E-state index in [1.54, 1.807) is 0 Å². The minimum atomic E-state index is -1.50. The van der Waals surface area contributed by atoms with E-state index in [1.807, 2.05) is 0 Å². The van der Waals surface area contributed by atoms with Crippen molar-refractivity contribution in [3.63, 3.8) is 0 Å². The third-order valence-corrected chi connectivity index (χ3v) is 10.6. The highest BCUT2D eigenvalue weighted by atomic mass is 28.4. The van der Waals surface area contributed by atoms with Crippen molar-refractivity contribution in [2.75, 3.05) is 0 Å². The fraction of sp³-hybridized carbons (Fsp3) is 0.300. The molecule has 2 rings (SSSR count). The van der Waals surface area contributed by atoms with Crippen LogP contribution in [-0.2, 0) is 0 Å². The van der Waals surface area contributed by atoms with Crippen molar-refractivity contribution in [2.24, 2.45) is 0 Å². The predicted molar refractivity (Wildman–Crippen MR) is 110 cm³/mol. The van der Waals surface area contributed by atoms with Crippen LogP contribution in [0.25, 0.3) is 11.6 Å². The fourth-order valence-electron chi connectivity index (χ4n) is 3.17. The molecule has 0 atom stereocenters. The van der Waals surface area contributed by atoms with Gasteiger partial charge >= 0.3 is 0 Å². The maximum absolute atomic E-state index is 4.02. The Morgan fingerprint density at radius 2 is 1.35 bits per heavy atom. The van der Waals surface area contributed by atoms with Crippen molar-refractivity contribution in [1.82, 2.24) is 4.65 Å². The molecule has 2 aromatic rings. The molecule has 1 nitrogen and oxygen atoms in total. The van der Waals surface area contributed by atoms with E-state index in [9.17, 15) is 0 Å². The summed E-state index contributed by atoms with van der Waals surface area (Å²) in [6.07, 6.45) is 2.36. The van der Waals surface area contributed by atoms with E-state index in [0.29, 0.717) is 0 Å². The lowest BCUT2D eigenvalue weighted by molar-refractivity contribution is 1.27. The number of rotatable bonds is 6. The Bertz CT molecular complexity index is 640. The largest absolute Gasteiger partial charge is 0.359 e. The van der Waals surface area contributed by atoms with Crippen LogP contribution in [0.3, 0.4) is 0 Å². The molecule has 0 heterocycles. The number of nitrogens with one attached hydrogen (secondary N) is 1. The van der Waals surface area contributed by atoms with Crippen molar-refractivity contribution < 1.29 is 0 Å². The summed E-state index contributed by atoms with van der Waals surface area (Å²) in [6, 6.07) is 22.6. The summed E-state index contributed by atoms with van der Waals surface area (Å²) in [5, 5.41) is 0. The third-order valence-electron chi connectivity index (χ3n) is 3.63. The second kappa shape index (κ2) is 7.43. The molecule has 0 amide bonds. The summed E-state index contributed by atoms with van der Waals surface area (Å²) in [5.41, 5.74) is 4.07. The summed E-state index contributed by atoms with van der Waals surface area (Å²) in [4.78, 5) is 0. The smallest absolute Gasteiger partial charge is 0.117 e. The second-order valence-electron chi connectivity index (χ2n) is 7.88. The lowest BCUT2D eigenvalue weighted by Crippen LogP contribution is -2.57. The van der Waals surface area contributed by atoms with E-state index in [1.165, 1.54) is 16.7 Å². The van der Waals surface area contributed by atoms with E-state index in [0.717, 1.165) is 6.04 Å². The quantitative estimate of drug-likeness (QED) is 0.513. The molecular formula is C20H29NSi2. The van der Waals surface area contributed by atoms with Gasteiger partial charge in [0.25, 0.3) is 0 Å². The van der Waals surface area contributed by atoms with Crippen LogP contribution in [0.2, 0.25) is 38.8 Å². The van der Waals surface area contributed by atoms with Crippen LogP contribution < -0.4 is 4.65 Å². The molecule has 0 aliphatic rings. The number of benzene rings is 2. The van der Waals surface area contributed by atoms with Gasteiger partial charge in [-0.3, -0.25) is 0 Å². The molecule has 0 aromatic heterocycles. The van der Waals surface area contributed by atoms with Crippen LogP contribution >= 0.6 is 0 Å². The van der Waals surface area contributed by atoms with Gasteiger partial charge in [-0.2, -0.15) is 0 Å². The van der Waals surface area contributed by atoms with Crippen molar-refractivity contribution in [3.05, 3.63) is 71.8 Å². The van der Waals surface area contributed by atoms with Crippen molar-refractivity contribution >= 4 is 28.1 Å². The first-order chi connectivity index (χ1) is 10.8. The summed E-state index contributed by atoms with van der Waals surface area (Å²) < 4.78 is 4.02. The van der Waals surface area contributed by atoms with E-state index in [4.69, 9.17) is 0 Å². The lowest BCUT2D eigenvalue weighted by atomic mass is 10.0. The molecular weight excluding hydrogens is 310 g/mol. The first kappa shape index (κ1) is 17.9. The lowest BCUT2D eigenvalue weighted by Gasteiger charge is -2.33. The topological polar surface area (TPSA) is 12.0 Å². The van der Waals surface area contributed by atoms with Gasteiger partial charge in [-0.15, -0.1) is 0 Å². The van der Waals surface area contributed by atoms with Gasteiger partial charge in [-0.05, 0) is 22.7 Å². The van der Waals surface area contributed by atoms with Gasteiger partial charge in [0.2, 0.25) is 0 Å². The zero-order chi connectivity index (χ0) is 16.9. The molecule has 0 saturated heterocycles. The summed E-state index contributed by atoms with van der Waals surface area (Å²) in [6.45, 7) is 12.1. The Morgan fingerprint density at radius 3 is 1.87 bits per heavy atom. The molecule has 0 fully saturated rings. The Labute approximate surface area is 143 Å². The minimum absolute atomic E-state index is 1.15. The molecule has 0 saturated carbocycles. The van der Waals surface area contributed by atoms with Crippen LogP contribution in [0.4, 0.5) is 0 Å². The molecule has 0 aliphatic heterocycles. The molecule has 0 unspecified atom stereocenters. The first-order valence-electron chi connectivity index (χ1n) is 8.36. The highest BCUT2D eigenvalue weighted by molar-refractivity contribution is 6.91. The highest BCUT2D eigenvalue weighted by Crippen LogP contribution is 2.27. The Hall–Kier alpha value is -1.43. The zero-order valence-electron chi connectivity index (χ0n) is 15.1. The Kier molecular flexibility index (Phi) is 5.79. The summed E-state index contributed by atoms with van der Waals surface area (Å²) in [7, 11) is -2.76. The van der Waals surface area contributed by atoms with Crippen molar-refractivity contribution in [3.8, 4) is 0 Å². The molecule has 23 heavy (non-hydrogen) atoms. The van der Waals surface area contributed by atoms with Gasteiger partial charge in [0, 0.05) is 0 Å². The molecule has 0 radical (unpaired) electrons. The number of allylic oxidation sites excluding steroid dienone is 1. The maximum Gasteiger partial charge on any atom is 0.117 e. The monoisotopic (exact) mass is 339 g/mol. The van der Waals surface area contributed by atoms with Crippen LogP contribution in [0.1, 0.15) is 11.1 Å². The van der Waals surface area contributed by atoms with E-state index in [2.05, 4.69) is 104 Å². The number of hydrogen-bond donors (Lipinski definition) is 1. The van der Waals surface area contributed by atoms with Gasteiger partial charge in [0.05, 0.1) is 0 Å². The standard InChI is InChI=1S/C20H29NSi2/c1-22(2,3)21-23(4,5)17-20(19-14-10-7-11-15-19)16-18-12-8-6-9-13-18/h6-16,21H,17H2,1-5H3. The number of hydrogen-bond acceptors (Lipinski definition) is 1. The average molecular weight is 340 g/mol. The zero-order valence-corrected chi connectivity index (χ0v) is 17.1. The average Bonchev–Trinajstić information content (AvgIpc) is 2.46. The molecule has 3 heteroatoms. The van der Waals surface area contributed by atoms with Crippen LogP contribution in [0.15, 0.2) is 60.7 Å². The summed E-state index contributed by atoms with van der Waals surface area (Å²) >= 11 is 0. The molecule has 0 spiro atoms. The van der Waals surface area contributed by atoms with Gasteiger partial charge in [-0.1, -0.05) is 99.5 Å². The second-order valence-corrected chi connectivity index (χ2v) is 17.5. The Balaban J connectivity index is 2.33. The first-order valence-corrected chi connectivity index (χ1v) is 15.1. The maximum atomic E-state index is 4.02. The SMILES string of the molecule is C[Si](C)(C)N[Si](C)(C)CC(=Cc1ccccc1)c1ccccc1. The van der Waals surface area contributed by atoms with E-state index >= 15 is 0 Å². The predicted octanol–water partition coefficient (Wildman–Crippen LogP) is 5.86. The molecule has 122 valence electrons. The van der Waals surface area contributed by atoms with Crippen LogP contribution in [0.5, 0.6) is 0 Å². The van der Waals surface area contributed by atoms with Crippen molar-refractivity contribution in [2.45, 2.75) is 38.8 Å². The summed E-state index contributed by atoms with van der Waals surface area (Å²) in [5.74, 6) is 0. The van der Waals surface area contributed by atoms with Gasteiger partial charge < -0.3 is 4.65 Å². The van der Waals surface area contributed by atoms with Crippen molar-refractivity contribution in [1.29, 1.82) is 0 Å². The highest BCUT2D eigenvalue weighted by Gasteiger charge is 2.28. The minimum Gasteiger partial charge on any atom is -0.359 e. The van der Waals surface area contributed by atoms with Gasteiger partial charge in [0.1, 0.15) is 16.5 Å². The van der Waals surface area contributed by atoms with Crippen LogP contribution in [0, 0.1) is 0 Å². The van der Waals surface area contributed by atoms with E-state index < -0.39 is 16.5 Å². The van der Waals surface area contributed by atoms with Gasteiger partial charge in [0.15, 0.2) is 0 Å². The normalized spacial score (nSPS) is 13.2. The van der Waals surface area contributed by atoms with Gasteiger partial charge in [-0.25, -0.2) is 0 Å². The molecule has 2 aromatic carbocycles. The Morgan fingerprint density at radius 1 is 0.826 bits per heavy atom. The molecule has 0 bridgehead atoms.